The Labute approximate surface area is 123 Å². The first-order valence-electron chi connectivity index (χ1n) is 8.11. The van der Waals surface area contributed by atoms with Crippen LogP contribution in [-0.2, 0) is 4.79 Å². The molecule has 0 aromatic carbocycles. The van der Waals surface area contributed by atoms with Crippen LogP contribution in [0, 0.1) is 17.3 Å². The summed E-state index contributed by atoms with van der Waals surface area (Å²) >= 11 is 0. The van der Waals surface area contributed by atoms with Crippen molar-refractivity contribution in [2.45, 2.75) is 52.0 Å². The largest absolute Gasteiger partial charge is 0.355 e. The van der Waals surface area contributed by atoms with Gasteiger partial charge in [0.1, 0.15) is 0 Å². The molecule has 0 radical (unpaired) electrons. The van der Waals surface area contributed by atoms with E-state index in [2.05, 4.69) is 31.1 Å². The maximum Gasteiger partial charge on any atom is 0.224 e. The van der Waals surface area contributed by atoms with Gasteiger partial charge in [-0.3, -0.25) is 4.79 Å². The third-order valence-electron chi connectivity index (χ3n) is 5.39. The minimum atomic E-state index is 0.0219. The van der Waals surface area contributed by atoms with Gasteiger partial charge >= 0.3 is 0 Å². The molecule has 3 atom stereocenters. The second-order valence-electron chi connectivity index (χ2n) is 7.52. The number of rotatable bonds is 3. The lowest BCUT2D eigenvalue weighted by Crippen LogP contribution is -2.49. The Morgan fingerprint density at radius 3 is 2.65 bits per heavy atom. The summed E-state index contributed by atoms with van der Waals surface area (Å²) in [5, 5.41) is 3.19. The van der Waals surface area contributed by atoms with Gasteiger partial charge in [0.2, 0.25) is 5.91 Å². The number of nitrogens with one attached hydrogen (secondary N) is 1. The zero-order chi connectivity index (χ0) is 14.8. The number of piperidine rings is 1. The quantitative estimate of drug-likeness (QED) is 0.826. The molecule has 2 fully saturated rings. The first-order chi connectivity index (χ1) is 9.39. The molecule has 1 aliphatic carbocycles. The second-order valence-corrected chi connectivity index (χ2v) is 7.52. The molecule has 0 aromatic heterocycles. The minimum Gasteiger partial charge on any atom is -0.355 e. The highest BCUT2D eigenvalue weighted by Gasteiger charge is 2.34. The van der Waals surface area contributed by atoms with E-state index in [1.807, 2.05) is 0 Å². The van der Waals surface area contributed by atoms with Gasteiger partial charge in [-0.05, 0) is 63.6 Å². The SMILES string of the molecule is CC1CCC(N)C(C(=O)NCC2(C)CCN(C)CC2)C1. The molecular formula is C16H31N3O. The van der Waals surface area contributed by atoms with Crippen LogP contribution < -0.4 is 11.1 Å². The number of likely N-dealkylation sites (tertiary alicyclic amines) is 1. The van der Waals surface area contributed by atoms with Crippen LogP contribution >= 0.6 is 0 Å². The van der Waals surface area contributed by atoms with Crippen LogP contribution in [0.15, 0.2) is 0 Å². The Balaban J connectivity index is 1.82. The van der Waals surface area contributed by atoms with E-state index in [9.17, 15) is 4.79 Å². The smallest absolute Gasteiger partial charge is 0.224 e. The highest BCUT2D eigenvalue weighted by atomic mass is 16.1. The van der Waals surface area contributed by atoms with Crippen molar-refractivity contribution < 1.29 is 4.79 Å². The lowest BCUT2D eigenvalue weighted by atomic mass is 9.77. The van der Waals surface area contributed by atoms with E-state index in [1.54, 1.807) is 0 Å². The summed E-state index contributed by atoms with van der Waals surface area (Å²) in [6, 6.07) is 0.0523. The molecule has 4 heteroatoms. The van der Waals surface area contributed by atoms with Crippen LogP contribution in [0.2, 0.25) is 0 Å². The lowest BCUT2D eigenvalue weighted by Gasteiger charge is -2.39. The Hall–Kier alpha value is -0.610. The topological polar surface area (TPSA) is 58.4 Å². The summed E-state index contributed by atoms with van der Waals surface area (Å²) in [7, 11) is 2.17. The Morgan fingerprint density at radius 1 is 1.35 bits per heavy atom. The van der Waals surface area contributed by atoms with E-state index in [-0.39, 0.29) is 23.3 Å². The number of hydrogen-bond donors (Lipinski definition) is 2. The molecule has 1 amide bonds. The predicted octanol–water partition coefficient (Wildman–Crippen LogP) is 1.60. The summed E-state index contributed by atoms with van der Waals surface area (Å²) in [4.78, 5) is 14.8. The average Bonchev–Trinajstić information content (AvgIpc) is 2.43. The van der Waals surface area contributed by atoms with E-state index in [0.717, 1.165) is 51.7 Å². The third kappa shape index (κ3) is 3.95. The molecule has 0 bridgehead atoms. The highest BCUT2D eigenvalue weighted by molar-refractivity contribution is 5.79. The van der Waals surface area contributed by atoms with E-state index >= 15 is 0 Å². The van der Waals surface area contributed by atoms with Crippen LogP contribution in [-0.4, -0.2) is 43.5 Å². The van der Waals surface area contributed by atoms with Crippen LogP contribution in [0.3, 0.4) is 0 Å². The Kier molecular flexibility index (Phi) is 5.08. The van der Waals surface area contributed by atoms with Gasteiger partial charge in [0.05, 0.1) is 5.92 Å². The van der Waals surface area contributed by atoms with Gasteiger partial charge in [0, 0.05) is 12.6 Å². The fourth-order valence-corrected chi connectivity index (χ4v) is 3.47. The van der Waals surface area contributed by atoms with E-state index < -0.39 is 0 Å². The van der Waals surface area contributed by atoms with Crippen molar-refractivity contribution in [1.82, 2.24) is 10.2 Å². The third-order valence-corrected chi connectivity index (χ3v) is 5.39. The fraction of sp³-hybridized carbons (Fsp3) is 0.938. The number of nitrogens with zero attached hydrogens (tertiary/aromatic N) is 1. The van der Waals surface area contributed by atoms with Crippen LogP contribution in [0.5, 0.6) is 0 Å². The molecule has 116 valence electrons. The average molecular weight is 281 g/mol. The standard InChI is InChI=1S/C16H31N3O/c1-12-4-5-14(17)13(10-12)15(20)18-11-16(2)6-8-19(3)9-7-16/h12-14H,4-11,17H2,1-3H3,(H,18,20). The zero-order valence-corrected chi connectivity index (χ0v) is 13.3. The normalized spacial score (nSPS) is 34.7. The summed E-state index contributed by atoms with van der Waals surface area (Å²) in [6.07, 6.45) is 5.43. The maximum atomic E-state index is 12.4. The second kappa shape index (κ2) is 6.44. The molecule has 0 aromatic rings. The van der Waals surface area contributed by atoms with Gasteiger partial charge in [0.25, 0.3) is 0 Å². The molecule has 3 N–H and O–H groups in total. The Bertz CT molecular complexity index is 337. The first-order valence-corrected chi connectivity index (χ1v) is 8.11. The van der Waals surface area contributed by atoms with E-state index in [1.165, 1.54) is 0 Å². The zero-order valence-electron chi connectivity index (χ0n) is 13.3. The van der Waals surface area contributed by atoms with Crippen LogP contribution in [0.25, 0.3) is 0 Å². The van der Waals surface area contributed by atoms with Crippen molar-refractivity contribution >= 4 is 5.91 Å². The van der Waals surface area contributed by atoms with Crippen molar-refractivity contribution in [3.63, 3.8) is 0 Å². The lowest BCUT2D eigenvalue weighted by molar-refractivity contribution is -0.127. The van der Waals surface area contributed by atoms with Gasteiger partial charge in [-0.25, -0.2) is 0 Å². The maximum absolute atomic E-state index is 12.4. The first kappa shape index (κ1) is 15.8. The van der Waals surface area contributed by atoms with Crippen molar-refractivity contribution in [3.8, 4) is 0 Å². The van der Waals surface area contributed by atoms with Gasteiger partial charge < -0.3 is 16.0 Å². The molecule has 1 saturated heterocycles. The molecule has 2 rings (SSSR count). The van der Waals surface area contributed by atoms with Gasteiger partial charge in [0.15, 0.2) is 0 Å². The molecule has 2 aliphatic rings. The van der Waals surface area contributed by atoms with Crippen molar-refractivity contribution in [3.05, 3.63) is 0 Å². The molecule has 4 nitrogen and oxygen atoms in total. The van der Waals surface area contributed by atoms with Crippen molar-refractivity contribution in [2.24, 2.45) is 23.0 Å². The molecule has 1 heterocycles. The highest BCUT2D eigenvalue weighted by Crippen LogP contribution is 2.31. The summed E-state index contributed by atoms with van der Waals surface area (Å²) in [5.74, 6) is 0.835. The van der Waals surface area contributed by atoms with E-state index in [4.69, 9.17) is 5.73 Å². The molecule has 20 heavy (non-hydrogen) atoms. The predicted molar refractivity (Wildman–Crippen MR) is 82.3 cm³/mol. The summed E-state index contributed by atoms with van der Waals surface area (Å²) in [5.41, 5.74) is 6.39. The van der Waals surface area contributed by atoms with Crippen LogP contribution in [0.1, 0.15) is 46.0 Å². The van der Waals surface area contributed by atoms with Crippen molar-refractivity contribution in [1.29, 1.82) is 0 Å². The van der Waals surface area contributed by atoms with Crippen LogP contribution in [0.4, 0.5) is 0 Å². The van der Waals surface area contributed by atoms with Gasteiger partial charge in [-0.15, -0.1) is 0 Å². The molecule has 0 spiro atoms. The number of nitrogens with two attached hydrogens (primary N) is 1. The number of hydrogen-bond acceptors (Lipinski definition) is 3. The number of carbonyl (C=O) groups excluding carboxylic acids is 1. The fourth-order valence-electron chi connectivity index (χ4n) is 3.47. The van der Waals surface area contributed by atoms with Gasteiger partial charge in [-0.2, -0.15) is 0 Å². The number of amides is 1. The van der Waals surface area contributed by atoms with Crippen molar-refractivity contribution in [2.75, 3.05) is 26.7 Å². The Morgan fingerprint density at radius 2 is 2.00 bits per heavy atom. The molecular weight excluding hydrogens is 250 g/mol. The molecule has 1 aliphatic heterocycles. The summed E-state index contributed by atoms with van der Waals surface area (Å²) in [6.45, 7) is 7.59. The molecule has 1 saturated carbocycles. The minimum absolute atomic E-state index is 0.0219. The number of carbonyl (C=O) groups is 1. The monoisotopic (exact) mass is 281 g/mol. The molecule has 3 unspecified atom stereocenters. The van der Waals surface area contributed by atoms with E-state index in [0.29, 0.717) is 5.92 Å². The van der Waals surface area contributed by atoms with Gasteiger partial charge in [-0.1, -0.05) is 13.8 Å². The summed E-state index contributed by atoms with van der Waals surface area (Å²) < 4.78 is 0.